The maximum absolute atomic E-state index is 5.54. The van der Waals surface area contributed by atoms with Gasteiger partial charge in [0.25, 0.3) is 0 Å². The highest BCUT2D eigenvalue weighted by Gasteiger charge is 2.29. The normalized spacial score (nSPS) is 24.3. The van der Waals surface area contributed by atoms with E-state index in [1.165, 1.54) is 0 Å². The molecule has 2 rings (SSSR count). The van der Waals surface area contributed by atoms with E-state index in [1.807, 2.05) is 24.3 Å². The van der Waals surface area contributed by atoms with Crippen LogP contribution in [0.3, 0.4) is 0 Å². The standard InChI is InChI=1S/C12H16N2OS/c1-12(6-7-15-8-12)14-10-4-2-9(3-5-10)11(13)16/h2-5,14H,6-8H2,1H3,(H2,13,16). The third-order valence-electron chi connectivity index (χ3n) is 2.83. The molecule has 0 aliphatic carbocycles. The minimum atomic E-state index is 0.0464. The number of hydrogen-bond donors (Lipinski definition) is 2. The number of thiocarbonyl (C=S) groups is 1. The summed E-state index contributed by atoms with van der Waals surface area (Å²) < 4.78 is 5.39. The van der Waals surface area contributed by atoms with Crippen LogP contribution in [-0.2, 0) is 4.74 Å². The van der Waals surface area contributed by atoms with E-state index in [0.29, 0.717) is 4.99 Å². The van der Waals surface area contributed by atoms with Crippen molar-refractivity contribution in [3.63, 3.8) is 0 Å². The fourth-order valence-electron chi connectivity index (χ4n) is 1.83. The van der Waals surface area contributed by atoms with Crippen LogP contribution in [0.15, 0.2) is 24.3 Å². The first-order valence-corrected chi connectivity index (χ1v) is 5.76. The summed E-state index contributed by atoms with van der Waals surface area (Å²) in [6.45, 7) is 3.75. The van der Waals surface area contributed by atoms with Crippen LogP contribution in [0.2, 0.25) is 0 Å². The molecular formula is C12H16N2OS. The van der Waals surface area contributed by atoms with E-state index >= 15 is 0 Å². The maximum Gasteiger partial charge on any atom is 0.103 e. The van der Waals surface area contributed by atoms with Crippen LogP contribution < -0.4 is 11.1 Å². The van der Waals surface area contributed by atoms with Gasteiger partial charge in [-0.3, -0.25) is 0 Å². The molecule has 0 radical (unpaired) electrons. The smallest absolute Gasteiger partial charge is 0.103 e. The van der Waals surface area contributed by atoms with Gasteiger partial charge in [-0.2, -0.15) is 0 Å². The van der Waals surface area contributed by atoms with Gasteiger partial charge >= 0.3 is 0 Å². The molecule has 3 N–H and O–H groups in total. The van der Waals surface area contributed by atoms with Gasteiger partial charge < -0.3 is 15.8 Å². The van der Waals surface area contributed by atoms with Crippen LogP contribution in [0, 0.1) is 0 Å². The van der Waals surface area contributed by atoms with Crippen LogP contribution in [0.4, 0.5) is 5.69 Å². The van der Waals surface area contributed by atoms with Gasteiger partial charge in [-0.05, 0) is 37.6 Å². The highest BCUT2D eigenvalue weighted by Crippen LogP contribution is 2.23. The molecule has 1 aromatic carbocycles. The number of anilines is 1. The number of benzene rings is 1. The van der Waals surface area contributed by atoms with Crippen molar-refractivity contribution in [1.29, 1.82) is 0 Å². The molecule has 1 fully saturated rings. The number of hydrogen-bond acceptors (Lipinski definition) is 3. The molecule has 1 saturated heterocycles. The van der Waals surface area contributed by atoms with Gasteiger partial charge in [0, 0.05) is 17.9 Å². The number of rotatable bonds is 3. The lowest BCUT2D eigenvalue weighted by molar-refractivity contribution is 0.185. The Kier molecular flexibility index (Phi) is 3.12. The molecule has 4 heteroatoms. The zero-order chi connectivity index (χ0) is 11.6. The summed E-state index contributed by atoms with van der Waals surface area (Å²) in [6, 6.07) is 7.86. The molecule has 0 bridgehead atoms. The number of nitrogens with two attached hydrogens (primary N) is 1. The molecule has 1 aliphatic rings. The van der Waals surface area contributed by atoms with Crippen molar-refractivity contribution in [3.8, 4) is 0 Å². The minimum Gasteiger partial charge on any atom is -0.389 e. The monoisotopic (exact) mass is 236 g/mol. The molecule has 0 aromatic heterocycles. The third kappa shape index (κ3) is 2.51. The predicted molar refractivity (Wildman–Crippen MR) is 69.8 cm³/mol. The Morgan fingerprint density at radius 2 is 2.12 bits per heavy atom. The van der Waals surface area contributed by atoms with E-state index in [9.17, 15) is 0 Å². The van der Waals surface area contributed by atoms with E-state index in [0.717, 1.165) is 30.9 Å². The lowest BCUT2D eigenvalue weighted by Crippen LogP contribution is -2.34. The van der Waals surface area contributed by atoms with Gasteiger partial charge in [0.05, 0.1) is 12.1 Å². The zero-order valence-electron chi connectivity index (χ0n) is 9.32. The highest BCUT2D eigenvalue weighted by atomic mass is 32.1. The van der Waals surface area contributed by atoms with Crippen LogP contribution in [0.5, 0.6) is 0 Å². The second-order valence-electron chi connectivity index (χ2n) is 4.43. The van der Waals surface area contributed by atoms with Gasteiger partial charge in [-0.15, -0.1) is 0 Å². The molecule has 1 heterocycles. The van der Waals surface area contributed by atoms with Crippen molar-refractivity contribution in [2.24, 2.45) is 5.73 Å². The number of nitrogens with one attached hydrogen (secondary N) is 1. The summed E-state index contributed by atoms with van der Waals surface area (Å²) in [4.78, 5) is 0.432. The van der Waals surface area contributed by atoms with E-state index in [1.54, 1.807) is 0 Å². The van der Waals surface area contributed by atoms with Crippen LogP contribution in [0.25, 0.3) is 0 Å². The minimum absolute atomic E-state index is 0.0464. The largest absolute Gasteiger partial charge is 0.389 e. The SMILES string of the molecule is CC1(Nc2ccc(C(N)=S)cc2)CCOC1. The molecule has 86 valence electrons. The first-order valence-electron chi connectivity index (χ1n) is 5.35. The molecule has 3 nitrogen and oxygen atoms in total. The Labute approximate surface area is 101 Å². The Balaban J connectivity index is 2.07. The Bertz CT molecular complexity index is 383. The molecular weight excluding hydrogens is 220 g/mol. The molecule has 1 aliphatic heterocycles. The summed E-state index contributed by atoms with van der Waals surface area (Å²) in [6.07, 6.45) is 1.03. The number of ether oxygens (including phenoxy) is 1. The molecule has 0 spiro atoms. The Morgan fingerprint density at radius 1 is 1.44 bits per heavy atom. The maximum atomic E-state index is 5.54. The van der Waals surface area contributed by atoms with Crippen molar-refractivity contribution < 1.29 is 4.74 Å². The Hall–Kier alpha value is -1.13. The van der Waals surface area contributed by atoms with Crippen LogP contribution >= 0.6 is 12.2 Å². The van der Waals surface area contributed by atoms with E-state index in [-0.39, 0.29) is 5.54 Å². The van der Waals surface area contributed by atoms with Crippen molar-refractivity contribution in [2.75, 3.05) is 18.5 Å². The lowest BCUT2D eigenvalue weighted by Gasteiger charge is -2.25. The second kappa shape index (κ2) is 4.39. The fraction of sp³-hybridized carbons (Fsp3) is 0.417. The topological polar surface area (TPSA) is 47.3 Å². The van der Waals surface area contributed by atoms with Gasteiger partial charge in [0.2, 0.25) is 0 Å². The quantitative estimate of drug-likeness (QED) is 0.787. The molecule has 0 amide bonds. The average Bonchev–Trinajstić information content (AvgIpc) is 2.65. The fourth-order valence-corrected chi connectivity index (χ4v) is 1.97. The van der Waals surface area contributed by atoms with Crippen molar-refractivity contribution in [1.82, 2.24) is 0 Å². The summed E-state index contributed by atoms with van der Waals surface area (Å²) in [7, 11) is 0. The third-order valence-corrected chi connectivity index (χ3v) is 3.07. The van der Waals surface area contributed by atoms with Crippen LogP contribution in [-0.4, -0.2) is 23.7 Å². The summed E-state index contributed by atoms with van der Waals surface area (Å²) in [5.41, 5.74) is 7.56. The van der Waals surface area contributed by atoms with Gasteiger partial charge in [-0.1, -0.05) is 12.2 Å². The summed E-state index contributed by atoms with van der Waals surface area (Å²) in [5.74, 6) is 0. The van der Waals surface area contributed by atoms with Gasteiger partial charge in [0.15, 0.2) is 0 Å². The van der Waals surface area contributed by atoms with Crippen molar-refractivity contribution in [2.45, 2.75) is 18.9 Å². The second-order valence-corrected chi connectivity index (χ2v) is 4.87. The highest BCUT2D eigenvalue weighted by molar-refractivity contribution is 7.80. The predicted octanol–water partition coefficient (Wildman–Crippen LogP) is 1.91. The van der Waals surface area contributed by atoms with E-state index < -0.39 is 0 Å². The van der Waals surface area contributed by atoms with Crippen molar-refractivity contribution >= 4 is 22.9 Å². The molecule has 0 saturated carbocycles. The van der Waals surface area contributed by atoms with E-state index in [4.69, 9.17) is 22.7 Å². The van der Waals surface area contributed by atoms with Gasteiger partial charge in [-0.25, -0.2) is 0 Å². The zero-order valence-corrected chi connectivity index (χ0v) is 10.1. The average molecular weight is 236 g/mol. The molecule has 1 unspecified atom stereocenters. The summed E-state index contributed by atoms with van der Waals surface area (Å²) >= 11 is 4.91. The first kappa shape index (κ1) is 11.4. The summed E-state index contributed by atoms with van der Waals surface area (Å²) in [5, 5.41) is 3.47. The van der Waals surface area contributed by atoms with Gasteiger partial charge in [0.1, 0.15) is 4.99 Å². The van der Waals surface area contributed by atoms with E-state index in [2.05, 4.69) is 12.2 Å². The molecule has 1 atom stereocenters. The lowest BCUT2D eigenvalue weighted by atomic mass is 10.0. The Morgan fingerprint density at radius 3 is 2.62 bits per heavy atom. The first-order chi connectivity index (χ1) is 7.59. The van der Waals surface area contributed by atoms with Crippen molar-refractivity contribution in [3.05, 3.63) is 29.8 Å². The van der Waals surface area contributed by atoms with Crippen LogP contribution in [0.1, 0.15) is 18.9 Å². The molecule has 1 aromatic rings. The molecule has 16 heavy (non-hydrogen) atoms.